The average Bonchev–Trinajstić information content (AvgIpc) is 2.71. The number of nitrogens with one attached hydrogen (secondary N) is 1. The second kappa shape index (κ2) is 8.66. The largest absolute Gasteiger partial charge is 0.497 e. The molecule has 0 unspecified atom stereocenters. The van der Waals surface area contributed by atoms with E-state index in [1.165, 1.54) is 0 Å². The Balaban J connectivity index is 1.63. The molecule has 0 saturated heterocycles. The summed E-state index contributed by atoms with van der Waals surface area (Å²) in [5.74, 6) is 0.626. The highest BCUT2D eigenvalue weighted by Crippen LogP contribution is 2.33. The third-order valence-corrected chi connectivity index (χ3v) is 6.57. The first-order chi connectivity index (χ1) is 13.4. The van der Waals surface area contributed by atoms with Gasteiger partial charge in [-0.05, 0) is 36.8 Å². The van der Waals surface area contributed by atoms with Crippen molar-refractivity contribution >= 4 is 38.5 Å². The summed E-state index contributed by atoms with van der Waals surface area (Å²) in [6.07, 6.45) is 0. The van der Waals surface area contributed by atoms with Crippen molar-refractivity contribution in [2.24, 2.45) is 4.40 Å². The predicted molar refractivity (Wildman–Crippen MR) is 111 cm³/mol. The maximum absolute atomic E-state index is 12.4. The maximum Gasteiger partial charge on any atom is 0.286 e. The van der Waals surface area contributed by atoms with Gasteiger partial charge in [-0.3, -0.25) is 4.79 Å². The number of rotatable bonds is 6. The standard InChI is InChI=1S/C19H21N3O4S2/c1-3-22-16-6-4-5-7-17(16)28(24,25)21-19(22)27-13-18(23)20-12-14-8-10-15(26-2)11-9-14/h4-11H,3,12-13H2,1-2H3,(H,20,23). The molecular formula is C19H21N3O4S2. The van der Waals surface area contributed by atoms with Gasteiger partial charge in [0.25, 0.3) is 10.0 Å². The number of amidine groups is 1. The normalized spacial score (nSPS) is 14.8. The molecule has 0 saturated carbocycles. The molecule has 3 rings (SSSR count). The van der Waals surface area contributed by atoms with Crippen LogP contribution in [0.3, 0.4) is 0 Å². The molecule has 28 heavy (non-hydrogen) atoms. The molecule has 148 valence electrons. The Labute approximate surface area is 168 Å². The van der Waals surface area contributed by atoms with Crippen molar-refractivity contribution in [2.75, 3.05) is 24.3 Å². The summed E-state index contributed by atoms with van der Waals surface area (Å²) < 4.78 is 33.8. The van der Waals surface area contributed by atoms with Gasteiger partial charge < -0.3 is 15.0 Å². The summed E-state index contributed by atoms with van der Waals surface area (Å²) >= 11 is 1.11. The van der Waals surface area contributed by atoms with Crippen LogP contribution in [-0.4, -0.2) is 38.9 Å². The SMILES string of the molecule is CCN1C(SCC(=O)NCc2ccc(OC)cc2)=NS(=O)(=O)c2ccccc21. The van der Waals surface area contributed by atoms with Crippen molar-refractivity contribution in [3.05, 3.63) is 54.1 Å². The van der Waals surface area contributed by atoms with E-state index in [0.717, 1.165) is 23.1 Å². The Kier molecular flexibility index (Phi) is 6.25. The molecule has 2 aromatic rings. The summed E-state index contributed by atoms with van der Waals surface area (Å²) in [6.45, 7) is 2.84. The molecule has 0 bridgehead atoms. The highest BCUT2D eigenvalue weighted by atomic mass is 32.2. The van der Waals surface area contributed by atoms with Crippen LogP contribution in [0.15, 0.2) is 57.8 Å². The van der Waals surface area contributed by atoms with Crippen LogP contribution in [0, 0.1) is 0 Å². The lowest BCUT2D eigenvalue weighted by Crippen LogP contribution is -2.35. The van der Waals surface area contributed by atoms with E-state index in [9.17, 15) is 13.2 Å². The number of carbonyl (C=O) groups is 1. The van der Waals surface area contributed by atoms with Crippen LogP contribution < -0.4 is 15.0 Å². The number of hydrogen-bond donors (Lipinski definition) is 1. The van der Waals surface area contributed by atoms with E-state index < -0.39 is 10.0 Å². The fourth-order valence-corrected chi connectivity index (χ4v) is 5.08. The van der Waals surface area contributed by atoms with Crippen LogP contribution in [0.25, 0.3) is 0 Å². The summed E-state index contributed by atoms with van der Waals surface area (Å²) in [5.41, 5.74) is 1.53. The molecule has 0 atom stereocenters. The van der Waals surface area contributed by atoms with Crippen LogP contribution in [0.4, 0.5) is 5.69 Å². The monoisotopic (exact) mass is 419 g/mol. The molecule has 2 aromatic carbocycles. The number of carbonyl (C=O) groups excluding carboxylic acids is 1. The smallest absolute Gasteiger partial charge is 0.286 e. The lowest BCUT2D eigenvalue weighted by Gasteiger charge is -2.29. The quantitative estimate of drug-likeness (QED) is 0.774. The maximum atomic E-state index is 12.4. The van der Waals surface area contributed by atoms with Gasteiger partial charge in [0.05, 0.1) is 18.6 Å². The van der Waals surface area contributed by atoms with E-state index >= 15 is 0 Å². The molecule has 1 N–H and O–H groups in total. The summed E-state index contributed by atoms with van der Waals surface area (Å²) in [6, 6.07) is 14.1. The van der Waals surface area contributed by atoms with Crippen molar-refractivity contribution in [3.8, 4) is 5.75 Å². The zero-order chi connectivity index (χ0) is 20.1. The number of ether oxygens (including phenoxy) is 1. The van der Waals surface area contributed by atoms with Gasteiger partial charge in [-0.2, -0.15) is 8.42 Å². The van der Waals surface area contributed by atoms with E-state index in [1.54, 1.807) is 36.3 Å². The number of nitrogens with zero attached hydrogens (tertiary/aromatic N) is 2. The molecule has 0 radical (unpaired) electrons. The van der Waals surface area contributed by atoms with Crippen LogP contribution in [0.2, 0.25) is 0 Å². The van der Waals surface area contributed by atoms with Gasteiger partial charge in [0.1, 0.15) is 10.6 Å². The van der Waals surface area contributed by atoms with Gasteiger partial charge >= 0.3 is 0 Å². The number of anilines is 1. The highest BCUT2D eigenvalue weighted by Gasteiger charge is 2.30. The highest BCUT2D eigenvalue weighted by molar-refractivity contribution is 8.15. The first-order valence-corrected chi connectivity index (χ1v) is 11.1. The second-order valence-electron chi connectivity index (χ2n) is 5.97. The van der Waals surface area contributed by atoms with Gasteiger partial charge in [-0.1, -0.05) is 36.0 Å². The molecule has 1 heterocycles. The van der Waals surface area contributed by atoms with E-state index in [0.29, 0.717) is 23.9 Å². The number of thioether (sulfide) groups is 1. The van der Waals surface area contributed by atoms with Crippen molar-refractivity contribution in [2.45, 2.75) is 18.4 Å². The zero-order valence-electron chi connectivity index (χ0n) is 15.6. The zero-order valence-corrected chi connectivity index (χ0v) is 17.2. The van der Waals surface area contributed by atoms with Crippen molar-refractivity contribution in [1.82, 2.24) is 5.32 Å². The molecule has 7 nitrogen and oxygen atoms in total. The molecule has 1 aliphatic heterocycles. The Morgan fingerprint density at radius 3 is 2.57 bits per heavy atom. The Bertz CT molecular complexity index is 988. The summed E-state index contributed by atoms with van der Waals surface area (Å²) in [4.78, 5) is 14.2. The van der Waals surface area contributed by atoms with Crippen molar-refractivity contribution in [3.63, 3.8) is 0 Å². The average molecular weight is 420 g/mol. The number of methoxy groups -OCH3 is 1. The first-order valence-electron chi connectivity index (χ1n) is 8.68. The topological polar surface area (TPSA) is 88.1 Å². The van der Waals surface area contributed by atoms with Crippen LogP contribution in [-0.2, 0) is 21.4 Å². The van der Waals surface area contributed by atoms with Crippen molar-refractivity contribution < 1.29 is 17.9 Å². The molecule has 0 spiro atoms. The number of amides is 1. The molecular weight excluding hydrogens is 398 g/mol. The minimum absolute atomic E-state index is 0.0726. The summed E-state index contributed by atoms with van der Waals surface area (Å²) in [5, 5.41) is 3.13. The van der Waals surface area contributed by atoms with Crippen molar-refractivity contribution in [1.29, 1.82) is 0 Å². The Morgan fingerprint density at radius 1 is 1.18 bits per heavy atom. The second-order valence-corrected chi connectivity index (χ2v) is 8.49. The first kappa shape index (κ1) is 20.2. The third-order valence-electron chi connectivity index (χ3n) is 4.16. The Hall–Kier alpha value is -2.52. The number of hydrogen-bond acceptors (Lipinski definition) is 6. The van der Waals surface area contributed by atoms with Gasteiger partial charge in [0, 0.05) is 13.1 Å². The Morgan fingerprint density at radius 2 is 1.89 bits per heavy atom. The van der Waals surface area contributed by atoms with Crippen LogP contribution in [0.5, 0.6) is 5.75 Å². The third kappa shape index (κ3) is 4.48. The predicted octanol–water partition coefficient (Wildman–Crippen LogP) is 2.63. The molecule has 1 amide bonds. The lowest BCUT2D eigenvalue weighted by molar-refractivity contribution is -0.118. The summed E-state index contributed by atoms with van der Waals surface area (Å²) in [7, 11) is -2.16. The van der Waals surface area contributed by atoms with Gasteiger partial charge in [-0.25, -0.2) is 0 Å². The molecule has 0 aliphatic carbocycles. The van der Waals surface area contributed by atoms with E-state index in [4.69, 9.17) is 4.74 Å². The number of sulfonamides is 1. The minimum Gasteiger partial charge on any atom is -0.497 e. The van der Waals surface area contributed by atoms with E-state index in [1.807, 2.05) is 31.2 Å². The van der Waals surface area contributed by atoms with Crippen LogP contribution >= 0.6 is 11.8 Å². The van der Waals surface area contributed by atoms with Gasteiger partial charge in [0.2, 0.25) is 5.91 Å². The molecule has 9 heteroatoms. The molecule has 1 aliphatic rings. The van der Waals surface area contributed by atoms with Gasteiger partial charge in [-0.15, -0.1) is 4.40 Å². The number of fused-ring (bicyclic) bond motifs is 1. The van der Waals surface area contributed by atoms with E-state index in [-0.39, 0.29) is 16.6 Å². The van der Waals surface area contributed by atoms with E-state index in [2.05, 4.69) is 9.71 Å². The fraction of sp³-hybridized carbons (Fsp3) is 0.263. The minimum atomic E-state index is -3.76. The lowest BCUT2D eigenvalue weighted by atomic mass is 10.2. The molecule has 0 fully saturated rings. The number of benzene rings is 2. The van der Waals surface area contributed by atoms with Crippen LogP contribution in [0.1, 0.15) is 12.5 Å². The van der Waals surface area contributed by atoms with Gasteiger partial charge in [0.15, 0.2) is 5.17 Å². The fourth-order valence-electron chi connectivity index (χ4n) is 2.74. The number of para-hydroxylation sites is 1. The molecule has 0 aromatic heterocycles.